The molecule has 0 N–H and O–H groups in total. The molecule has 0 aromatic heterocycles. The van der Waals surface area contributed by atoms with Gasteiger partial charge in [0.25, 0.3) is 0 Å². The number of hydrogen-bond acceptors (Lipinski definition) is 1. The second-order valence-corrected chi connectivity index (χ2v) is 18.5. The Kier molecular flexibility index (Phi) is 48.1. The van der Waals surface area contributed by atoms with Gasteiger partial charge in [0, 0.05) is 0 Å². The molecule has 0 fully saturated rings. The Hall–Kier alpha value is -0.0400. The summed E-state index contributed by atoms with van der Waals surface area (Å²) in [5, 5.41) is 0. The molecule has 0 saturated heterocycles. The summed E-state index contributed by atoms with van der Waals surface area (Å²) in [4.78, 5) is 2.32. The molecule has 1 heteroatoms. The van der Waals surface area contributed by atoms with Gasteiger partial charge in [-0.05, 0) is 33.0 Å². The van der Waals surface area contributed by atoms with E-state index in [-0.39, 0.29) is 0 Å². The molecule has 53 heavy (non-hydrogen) atoms. The summed E-state index contributed by atoms with van der Waals surface area (Å²) in [7, 11) is 4.39. The van der Waals surface area contributed by atoms with Crippen molar-refractivity contribution >= 4 is 0 Å². The maximum absolute atomic E-state index is 2.32. The van der Waals surface area contributed by atoms with Crippen molar-refractivity contribution in [1.29, 1.82) is 0 Å². The SMILES string of the molecule is CCCCCCCCCCCCCCCCC(CCCCCCCCCCCCCCCC)CCCCCCCCCCCCCCCCCN(C)C. The highest BCUT2D eigenvalue weighted by molar-refractivity contribution is 4.63. The van der Waals surface area contributed by atoms with E-state index in [0.29, 0.717) is 0 Å². The molecule has 0 heterocycles. The minimum atomic E-state index is 1.03. The number of unbranched alkanes of at least 4 members (excludes halogenated alkanes) is 40. The van der Waals surface area contributed by atoms with Crippen LogP contribution in [0.3, 0.4) is 0 Å². The zero-order valence-electron chi connectivity index (χ0n) is 38.3. The maximum Gasteiger partial charge on any atom is -0.00248 e. The first-order valence-corrected chi connectivity index (χ1v) is 25.8. The van der Waals surface area contributed by atoms with Crippen molar-refractivity contribution in [3.05, 3.63) is 0 Å². The summed E-state index contributed by atoms with van der Waals surface area (Å²) in [5.41, 5.74) is 0. The van der Waals surface area contributed by atoms with Crippen molar-refractivity contribution in [2.75, 3.05) is 20.6 Å². The van der Waals surface area contributed by atoms with E-state index in [9.17, 15) is 0 Å². The molecular formula is C52H107N. The Bertz CT molecular complexity index is 580. The Morgan fingerprint density at radius 3 is 0.585 bits per heavy atom. The van der Waals surface area contributed by atoms with Crippen molar-refractivity contribution in [2.45, 2.75) is 309 Å². The molecule has 0 amide bonds. The van der Waals surface area contributed by atoms with Crippen molar-refractivity contribution in [2.24, 2.45) is 5.92 Å². The first-order chi connectivity index (χ1) is 26.2. The number of rotatable bonds is 48. The highest BCUT2D eigenvalue weighted by Gasteiger charge is 2.09. The molecule has 0 aliphatic rings. The summed E-state index contributed by atoms with van der Waals surface area (Å²) < 4.78 is 0. The highest BCUT2D eigenvalue weighted by Crippen LogP contribution is 2.25. The lowest BCUT2D eigenvalue weighted by atomic mass is 9.89. The lowest BCUT2D eigenvalue weighted by molar-refractivity contribution is 0.365. The van der Waals surface area contributed by atoms with Crippen molar-refractivity contribution in [1.82, 2.24) is 4.90 Å². The van der Waals surface area contributed by atoms with Gasteiger partial charge in [-0.3, -0.25) is 0 Å². The van der Waals surface area contributed by atoms with E-state index in [1.807, 2.05) is 0 Å². The van der Waals surface area contributed by atoms with Crippen LogP contribution in [0, 0.1) is 5.92 Å². The summed E-state index contributed by atoms with van der Waals surface area (Å²) in [6, 6.07) is 0. The van der Waals surface area contributed by atoms with Crippen LogP contribution < -0.4 is 0 Å². The lowest BCUT2D eigenvalue weighted by Crippen LogP contribution is -2.12. The van der Waals surface area contributed by atoms with Gasteiger partial charge in [0.1, 0.15) is 0 Å². The van der Waals surface area contributed by atoms with Crippen LogP contribution in [0.4, 0.5) is 0 Å². The first kappa shape index (κ1) is 53.0. The van der Waals surface area contributed by atoms with Gasteiger partial charge in [0.15, 0.2) is 0 Å². The standard InChI is InChI=1S/C52H107N/c1-5-7-9-11-13-15-17-19-24-28-32-36-40-44-48-52(49-45-41-37-33-29-25-20-18-16-14-12-10-8-6-2)50-46-42-38-34-30-26-22-21-23-27-31-35-39-43-47-51-53(3)4/h52H,5-51H2,1-4H3. The molecular weight excluding hydrogens is 639 g/mol. The van der Waals surface area contributed by atoms with E-state index in [1.165, 1.54) is 302 Å². The molecule has 0 radical (unpaired) electrons. The molecule has 0 saturated carbocycles. The first-order valence-electron chi connectivity index (χ1n) is 25.8. The van der Waals surface area contributed by atoms with Crippen LogP contribution in [0.1, 0.15) is 309 Å². The second kappa shape index (κ2) is 48.1. The van der Waals surface area contributed by atoms with E-state index in [1.54, 1.807) is 0 Å². The molecule has 0 atom stereocenters. The van der Waals surface area contributed by atoms with E-state index < -0.39 is 0 Å². The van der Waals surface area contributed by atoms with Gasteiger partial charge in [-0.25, -0.2) is 0 Å². The Morgan fingerprint density at radius 2 is 0.396 bits per heavy atom. The van der Waals surface area contributed by atoms with Gasteiger partial charge >= 0.3 is 0 Å². The number of nitrogens with zero attached hydrogens (tertiary/aromatic N) is 1. The van der Waals surface area contributed by atoms with E-state index in [4.69, 9.17) is 0 Å². The topological polar surface area (TPSA) is 3.24 Å². The largest absolute Gasteiger partial charge is 0.309 e. The minimum Gasteiger partial charge on any atom is -0.309 e. The third-order valence-corrected chi connectivity index (χ3v) is 12.6. The van der Waals surface area contributed by atoms with Crippen LogP contribution in [-0.4, -0.2) is 25.5 Å². The van der Waals surface area contributed by atoms with Crippen molar-refractivity contribution in [3.8, 4) is 0 Å². The fourth-order valence-corrected chi connectivity index (χ4v) is 8.85. The number of hydrogen-bond donors (Lipinski definition) is 0. The zero-order valence-corrected chi connectivity index (χ0v) is 38.3. The Morgan fingerprint density at radius 1 is 0.226 bits per heavy atom. The van der Waals surface area contributed by atoms with Gasteiger partial charge in [0.2, 0.25) is 0 Å². The van der Waals surface area contributed by atoms with E-state index in [2.05, 4.69) is 32.8 Å². The third kappa shape index (κ3) is 48.0. The monoisotopic (exact) mass is 746 g/mol. The van der Waals surface area contributed by atoms with Crippen molar-refractivity contribution < 1.29 is 0 Å². The van der Waals surface area contributed by atoms with Crippen LogP contribution in [-0.2, 0) is 0 Å². The molecule has 320 valence electrons. The average molecular weight is 746 g/mol. The molecule has 0 aliphatic carbocycles. The molecule has 0 rings (SSSR count). The quantitative estimate of drug-likeness (QED) is 0.0561. The van der Waals surface area contributed by atoms with Crippen LogP contribution in [0.15, 0.2) is 0 Å². The summed E-state index contributed by atoms with van der Waals surface area (Å²) in [6.07, 6.45) is 68.2. The smallest absolute Gasteiger partial charge is 0.00248 e. The fourth-order valence-electron chi connectivity index (χ4n) is 8.85. The van der Waals surface area contributed by atoms with Crippen molar-refractivity contribution in [3.63, 3.8) is 0 Å². The minimum absolute atomic E-state index is 1.03. The van der Waals surface area contributed by atoms with Crippen LogP contribution in [0.25, 0.3) is 0 Å². The predicted octanol–water partition coefficient (Wildman–Crippen LogP) is 19.1. The Balaban J connectivity index is 3.93. The summed E-state index contributed by atoms with van der Waals surface area (Å²) in [5.74, 6) is 1.03. The molecule has 0 aliphatic heterocycles. The molecule has 1 nitrogen and oxygen atoms in total. The Labute approximate surface area is 339 Å². The second-order valence-electron chi connectivity index (χ2n) is 18.5. The highest BCUT2D eigenvalue weighted by atomic mass is 15.0. The van der Waals surface area contributed by atoms with E-state index in [0.717, 1.165) is 5.92 Å². The maximum atomic E-state index is 2.32. The van der Waals surface area contributed by atoms with Gasteiger partial charge < -0.3 is 4.90 Å². The molecule has 0 spiro atoms. The predicted molar refractivity (Wildman–Crippen MR) is 246 cm³/mol. The third-order valence-electron chi connectivity index (χ3n) is 12.6. The van der Waals surface area contributed by atoms with E-state index >= 15 is 0 Å². The lowest BCUT2D eigenvalue weighted by Gasteiger charge is -2.17. The fraction of sp³-hybridized carbons (Fsp3) is 1.00. The van der Waals surface area contributed by atoms with Gasteiger partial charge in [-0.2, -0.15) is 0 Å². The van der Waals surface area contributed by atoms with Crippen LogP contribution in [0.2, 0.25) is 0 Å². The van der Waals surface area contributed by atoms with Gasteiger partial charge in [-0.1, -0.05) is 303 Å². The molecule has 0 aromatic rings. The van der Waals surface area contributed by atoms with Crippen LogP contribution in [0.5, 0.6) is 0 Å². The summed E-state index contributed by atoms with van der Waals surface area (Å²) in [6.45, 7) is 5.91. The summed E-state index contributed by atoms with van der Waals surface area (Å²) >= 11 is 0. The van der Waals surface area contributed by atoms with Gasteiger partial charge in [0.05, 0.1) is 0 Å². The molecule has 0 unspecified atom stereocenters. The zero-order chi connectivity index (χ0) is 38.4. The normalized spacial score (nSPS) is 11.9. The average Bonchev–Trinajstić information content (AvgIpc) is 3.15. The van der Waals surface area contributed by atoms with Crippen LogP contribution >= 0.6 is 0 Å². The molecule has 0 aromatic carbocycles. The molecule has 0 bridgehead atoms. The van der Waals surface area contributed by atoms with Gasteiger partial charge in [-0.15, -0.1) is 0 Å².